The molecule has 2 aromatic rings. The zero-order chi connectivity index (χ0) is 17.3. The largest absolute Gasteiger partial charge is 0.487 e. The van der Waals surface area contributed by atoms with Crippen LogP contribution in [0.5, 0.6) is 5.75 Å². The minimum atomic E-state index is -0.525. The third kappa shape index (κ3) is 2.71. The highest BCUT2D eigenvalue weighted by Gasteiger charge is 2.32. The summed E-state index contributed by atoms with van der Waals surface area (Å²) in [6.07, 6.45) is 0.779. The number of hydrogen-bond acceptors (Lipinski definition) is 4. The number of amides is 1. The van der Waals surface area contributed by atoms with Crippen molar-refractivity contribution >= 4 is 17.3 Å². The molecule has 0 bridgehead atoms. The number of anilines is 1. The van der Waals surface area contributed by atoms with Gasteiger partial charge < -0.3 is 9.64 Å². The number of nitrogens with zero attached hydrogens (tertiary/aromatic N) is 2. The van der Waals surface area contributed by atoms with Gasteiger partial charge in [0.1, 0.15) is 0 Å². The summed E-state index contributed by atoms with van der Waals surface area (Å²) in [5.41, 5.74) is 2.07. The molecule has 1 unspecified atom stereocenters. The number of para-hydroxylation sites is 1. The van der Waals surface area contributed by atoms with Gasteiger partial charge in [0, 0.05) is 23.4 Å². The van der Waals surface area contributed by atoms with Crippen molar-refractivity contribution in [2.45, 2.75) is 26.3 Å². The van der Waals surface area contributed by atoms with Crippen molar-refractivity contribution in [1.82, 2.24) is 0 Å². The van der Waals surface area contributed by atoms with E-state index in [-0.39, 0.29) is 28.9 Å². The second kappa shape index (κ2) is 6.31. The first-order valence-electron chi connectivity index (χ1n) is 7.85. The van der Waals surface area contributed by atoms with Crippen molar-refractivity contribution in [2.75, 3.05) is 11.5 Å². The van der Waals surface area contributed by atoms with Crippen molar-refractivity contribution in [3.63, 3.8) is 0 Å². The fraction of sp³-hybridized carbons (Fsp3) is 0.278. The molecular formula is C18H18N2O4. The molecule has 2 aromatic carbocycles. The molecule has 0 N–H and O–H groups in total. The number of nitro benzene ring substituents is 1. The van der Waals surface area contributed by atoms with E-state index in [1.54, 1.807) is 17.9 Å². The second-order valence-corrected chi connectivity index (χ2v) is 5.73. The highest BCUT2D eigenvalue weighted by atomic mass is 16.6. The summed E-state index contributed by atoms with van der Waals surface area (Å²) in [7, 11) is 0. The molecule has 1 aliphatic rings. The SMILES string of the molecule is CCOc1ccc(C(=O)N2c3ccccc3CC2C)cc1[N+](=O)[O-]. The van der Waals surface area contributed by atoms with Gasteiger partial charge in [0.15, 0.2) is 5.75 Å². The summed E-state index contributed by atoms with van der Waals surface area (Å²) in [6.45, 7) is 4.05. The highest BCUT2D eigenvalue weighted by Crippen LogP contribution is 2.34. The summed E-state index contributed by atoms with van der Waals surface area (Å²) in [5, 5.41) is 11.3. The van der Waals surface area contributed by atoms with E-state index in [2.05, 4.69) is 0 Å². The van der Waals surface area contributed by atoms with Gasteiger partial charge in [0.2, 0.25) is 0 Å². The second-order valence-electron chi connectivity index (χ2n) is 5.73. The van der Waals surface area contributed by atoms with Crippen molar-refractivity contribution in [1.29, 1.82) is 0 Å². The Bertz CT molecular complexity index is 803. The Hall–Kier alpha value is -2.89. The zero-order valence-corrected chi connectivity index (χ0v) is 13.6. The lowest BCUT2D eigenvalue weighted by Gasteiger charge is -2.22. The minimum absolute atomic E-state index is 0.0144. The molecule has 24 heavy (non-hydrogen) atoms. The molecule has 0 fully saturated rings. The topological polar surface area (TPSA) is 72.7 Å². The van der Waals surface area contributed by atoms with Gasteiger partial charge in [-0.05, 0) is 44.0 Å². The number of hydrogen-bond donors (Lipinski definition) is 0. The van der Waals surface area contributed by atoms with Gasteiger partial charge in [0.05, 0.1) is 11.5 Å². The summed E-state index contributed by atoms with van der Waals surface area (Å²) in [6, 6.07) is 12.1. The summed E-state index contributed by atoms with van der Waals surface area (Å²) in [5.74, 6) is -0.0625. The molecule has 6 nitrogen and oxygen atoms in total. The molecule has 0 saturated heterocycles. The van der Waals surface area contributed by atoms with Gasteiger partial charge in [-0.15, -0.1) is 0 Å². The molecule has 3 rings (SSSR count). The normalized spacial score (nSPS) is 15.9. The monoisotopic (exact) mass is 326 g/mol. The molecule has 6 heteroatoms. The van der Waals surface area contributed by atoms with E-state index >= 15 is 0 Å². The van der Waals surface area contributed by atoms with Crippen LogP contribution in [0.2, 0.25) is 0 Å². The lowest BCUT2D eigenvalue weighted by Crippen LogP contribution is -2.35. The molecule has 0 saturated carbocycles. The predicted octanol–water partition coefficient (Wildman–Crippen LogP) is 3.58. The number of benzene rings is 2. The van der Waals surface area contributed by atoms with Crippen LogP contribution in [0, 0.1) is 10.1 Å². The van der Waals surface area contributed by atoms with E-state index < -0.39 is 4.92 Å². The van der Waals surface area contributed by atoms with Crippen LogP contribution in [0.4, 0.5) is 11.4 Å². The fourth-order valence-electron chi connectivity index (χ4n) is 3.08. The molecule has 0 aromatic heterocycles. The quantitative estimate of drug-likeness (QED) is 0.636. The van der Waals surface area contributed by atoms with Crippen molar-refractivity contribution in [3.8, 4) is 5.75 Å². The van der Waals surface area contributed by atoms with Crippen LogP contribution in [0.1, 0.15) is 29.8 Å². The third-order valence-corrected chi connectivity index (χ3v) is 4.13. The van der Waals surface area contributed by atoms with E-state index in [1.807, 2.05) is 31.2 Å². The van der Waals surface area contributed by atoms with Crippen LogP contribution in [-0.4, -0.2) is 23.5 Å². The van der Waals surface area contributed by atoms with Gasteiger partial charge in [-0.2, -0.15) is 0 Å². The first kappa shape index (κ1) is 16.0. The first-order chi connectivity index (χ1) is 11.5. The molecule has 0 radical (unpaired) electrons. The molecule has 1 atom stereocenters. The Morgan fingerprint density at radius 3 is 2.79 bits per heavy atom. The van der Waals surface area contributed by atoms with Gasteiger partial charge in [-0.25, -0.2) is 0 Å². The van der Waals surface area contributed by atoms with Gasteiger partial charge >= 0.3 is 5.69 Å². The molecule has 0 aliphatic carbocycles. The number of carbonyl (C=O) groups is 1. The van der Waals surface area contributed by atoms with Crippen LogP contribution >= 0.6 is 0 Å². The Balaban J connectivity index is 1.99. The van der Waals surface area contributed by atoms with Crippen molar-refractivity contribution in [2.24, 2.45) is 0 Å². The maximum absolute atomic E-state index is 12.9. The lowest BCUT2D eigenvalue weighted by atomic mass is 10.1. The summed E-state index contributed by atoms with van der Waals surface area (Å²) < 4.78 is 5.27. The van der Waals surface area contributed by atoms with Crippen LogP contribution < -0.4 is 9.64 Å². The average molecular weight is 326 g/mol. The smallest absolute Gasteiger partial charge is 0.311 e. The number of ether oxygens (including phenoxy) is 1. The molecule has 124 valence electrons. The average Bonchev–Trinajstić information content (AvgIpc) is 2.90. The number of nitro groups is 1. The molecular weight excluding hydrogens is 308 g/mol. The van der Waals surface area contributed by atoms with Crippen LogP contribution in [0.25, 0.3) is 0 Å². The molecule has 1 aliphatic heterocycles. The standard InChI is InChI=1S/C18H18N2O4/c1-3-24-17-9-8-14(11-16(17)20(22)23)18(21)19-12(2)10-13-6-4-5-7-15(13)19/h4-9,11-12H,3,10H2,1-2H3. The predicted molar refractivity (Wildman–Crippen MR) is 90.7 cm³/mol. The van der Waals surface area contributed by atoms with E-state index in [1.165, 1.54) is 12.1 Å². The number of rotatable bonds is 4. The Kier molecular flexibility index (Phi) is 4.20. The van der Waals surface area contributed by atoms with Gasteiger partial charge in [-0.3, -0.25) is 14.9 Å². The molecule has 1 heterocycles. The Morgan fingerprint density at radius 1 is 1.33 bits per heavy atom. The van der Waals surface area contributed by atoms with E-state index in [9.17, 15) is 14.9 Å². The fourth-order valence-corrected chi connectivity index (χ4v) is 3.08. The van der Waals surface area contributed by atoms with Gasteiger partial charge in [0.25, 0.3) is 5.91 Å². The van der Waals surface area contributed by atoms with Crippen molar-refractivity contribution < 1.29 is 14.5 Å². The van der Waals surface area contributed by atoms with Crippen LogP contribution in [-0.2, 0) is 6.42 Å². The molecule has 1 amide bonds. The minimum Gasteiger partial charge on any atom is -0.487 e. The number of carbonyl (C=O) groups excluding carboxylic acids is 1. The zero-order valence-electron chi connectivity index (χ0n) is 13.6. The van der Waals surface area contributed by atoms with E-state index in [0.29, 0.717) is 6.61 Å². The van der Waals surface area contributed by atoms with Crippen molar-refractivity contribution in [3.05, 3.63) is 63.7 Å². The van der Waals surface area contributed by atoms with E-state index in [4.69, 9.17) is 4.74 Å². The Labute approximate surface area is 139 Å². The Morgan fingerprint density at radius 2 is 2.08 bits per heavy atom. The summed E-state index contributed by atoms with van der Waals surface area (Å²) in [4.78, 5) is 25.4. The lowest BCUT2D eigenvalue weighted by molar-refractivity contribution is -0.385. The van der Waals surface area contributed by atoms with E-state index in [0.717, 1.165) is 17.7 Å². The number of fused-ring (bicyclic) bond motifs is 1. The maximum atomic E-state index is 12.9. The maximum Gasteiger partial charge on any atom is 0.311 e. The van der Waals surface area contributed by atoms with Gasteiger partial charge in [-0.1, -0.05) is 18.2 Å². The third-order valence-electron chi connectivity index (χ3n) is 4.13. The first-order valence-corrected chi connectivity index (χ1v) is 7.85. The van der Waals surface area contributed by atoms with Crippen LogP contribution in [0.15, 0.2) is 42.5 Å². The van der Waals surface area contributed by atoms with Crippen LogP contribution in [0.3, 0.4) is 0 Å². The molecule has 0 spiro atoms. The summed E-state index contributed by atoms with van der Waals surface area (Å²) >= 11 is 0. The highest BCUT2D eigenvalue weighted by molar-refractivity contribution is 6.08.